The minimum Gasteiger partial charge on any atom is -0.309 e. The molecule has 0 bridgehead atoms. The van der Waals surface area contributed by atoms with Crippen LogP contribution in [-0.2, 0) is 10.8 Å². The third kappa shape index (κ3) is 6.88. The second-order valence-corrected chi connectivity index (χ2v) is 25.0. The van der Waals surface area contributed by atoms with Gasteiger partial charge in [0.25, 0.3) is 0 Å². The van der Waals surface area contributed by atoms with Crippen molar-refractivity contribution in [3.8, 4) is 72.8 Å². The highest BCUT2D eigenvalue weighted by Gasteiger charge is 2.37. The van der Waals surface area contributed by atoms with Crippen LogP contribution in [0.4, 0.5) is 0 Å². The molecule has 18 rings (SSSR count). The maximum atomic E-state index is 4.97. The van der Waals surface area contributed by atoms with Gasteiger partial charge in [0.1, 0.15) is 5.82 Å². The molecule has 16 aromatic rings. The Morgan fingerprint density at radius 3 is 1.09 bits per heavy atom. The first-order valence-electron chi connectivity index (χ1n) is 30.0. The van der Waals surface area contributed by atoms with Crippen LogP contribution in [0.15, 0.2) is 255 Å². The van der Waals surface area contributed by atoms with E-state index in [1.165, 1.54) is 133 Å². The summed E-state index contributed by atoms with van der Waals surface area (Å²) in [5, 5.41) is 8.40. The molecule has 5 heteroatoms. The SMILES string of the molecule is Cc1nc(-c2ccc(-n3c4ccc(-c5ccc6c(c5)c5ccccc5n6-c5ccc6c(c5)C(C)(C)c5ccccc5-6)cc4c4cc(-c5ccc6c(c5)c5ccccc5n6-c5ccc6c(c5)C(C)(C)c5ccccc5-6)ccc43)cc2)c2ccccc2n1. The minimum atomic E-state index is -0.100. The van der Waals surface area contributed by atoms with E-state index in [1.54, 1.807) is 0 Å². The van der Waals surface area contributed by atoms with Crippen molar-refractivity contribution in [2.45, 2.75) is 45.4 Å². The van der Waals surface area contributed by atoms with Crippen molar-refractivity contribution in [3.05, 3.63) is 283 Å². The normalized spacial score (nSPS) is 13.8. The number of hydrogen-bond acceptors (Lipinski definition) is 2. The number of aromatic nitrogens is 5. The molecule has 2 aliphatic carbocycles. The molecule has 0 atom stereocenters. The molecule has 0 amide bonds. The van der Waals surface area contributed by atoms with Crippen LogP contribution in [0.5, 0.6) is 0 Å². The van der Waals surface area contributed by atoms with E-state index in [0.29, 0.717) is 0 Å². The van der Waals surface area contributed by atoms with Crippen LogP contribution in [0.3, 0.4) is 0 Å². The summed E-state index contributed by atoms with van der Waals surface area (Å²) in [6.07, 6.45) is 0. The van der Waals surface area contributed by atoms with Gasteiger partial charge in [0.05, 0.1) is 44.3 Å². The van der Waals surface area contributed by atoms with E-state index in [4.69, 9.17) is 9.97 Å². The molecular formula is C81H57N5. The molecule has 0 unspecified atom stereocenters. The van der Waals surface area contributed by atoms with E-state index < -0.39 is 0 Å². The highest BCUT2D eigenvalue weighted by Crippen LogP contribution is 2.52. The molecule has 0 spiro atoms. The summed E-state index contributed by atoms with van der Waals surface area (Å²) in [5.74, 6) is 0.760. The molecule has 0 N–H and O–H groups in total. The molecule has 0 saturated carbocycles. The summed E-state index contributed by atoms with van der Waals surface area (Å²) in [6, 6.07) is 95.3. The Balaban J connectivity index is 0.789. The molecule has 0 fully saturated rings. The minimum absolute atomic E-state index is 0.100. The summed E-state index contributed by atoms with van der Waals surface area (Å²) in [5.41, 5.74) is 28.9. The standard InChI is InChI=1S/C81H57N5/c1-48-82-72-23-13-8-20-63(72)79(83-48)49-26-32-54(33-27-49)84-77-40-30-52(50-28-38-75-64(42-50)61-18-9-14-24-73(61)85(75)55-34-36-59-57-16-6-11-21-68(57)80(2,3)70(59)46-55)44-66(77)67-45-53(31-41-78(67)84)51-29-39-76-65(43-51)62-19-10-15-25-74(62)86(76)56-35-37-60-58-17-7-12-22-69(58)81(4,5)71(60)47-56/h6-47H,1-5H3. The van der Waals surface area contributed by atoms with Gasteiger partial charge < -0.3 is 13.7 Å². The molecule has 406 valence electrons. The van der Waals surface area contributed by atoms with Crippen LogP contribution < -0.4 is 0 Å². The summed E-state index contributed by atoms with van der Waals surface area (Å²) in [6.45, 7) is 11.4. The first-order chi connectivity index (χ1) is 42.0. The Labute approximate surface area is 498 Å². The topological polar surface area (TPSA) is 40.6 Å². The summed E-state index contributed by atoms with van der Waals surface area (Å²) < 4.78 is 7.37. The fourth-order valence-electron chi connectivity index (χ4n) is 15.4. The first-order valence-corrected chi connectivity index (χ1v) is 30.0. The van der Waals surface area contributed by atoms with Crippen molar-refractivity contribution >= 4 is 76.3 Å². The third-order valence-corrected chi connectivity index (χ3v) is 19.5. The Morgan fingerprint density at radius 1 is 0.267 bits per heavy atom. The van der Waals surface area contributed by atoms with Crippen molar-refractivity contribution in [3.63, 3.8) is 0 Å². The van der Waals surface area contributed by atoms with Crippen molar-refractivity contribution in [1.82, 2.24) is 23.7 Å². The van der Waals surface area contributed by atoms with Gasteiger partial charge in [-0.25, -0.2) is 9.97 Å². The van der Waals surface area contributed by atoms with E-state index in [1.807, 2.05) is 13.0 Å². The fourth-order valence-corrected chi connectivity index (χ4v) is 15.4. The van der Waals surface area contributed by atoms with E-state index in [9.17, 15) is 0 Å². The number of para-hydroxylation sites is 3. The molecule has 4 aromatic heterocycles. The maximum Gasteiger partial charge on any atom is 0.126 e. The molecule has 12 aromatic carbocycles. The van der Waals surface area contributed by atoms with Crippen LogP contribution in [0, 0.1) is 6.92 Å². The lowest BCUT2D eigenvalue weighted by Crippen LogP contribution is -2.15. The van der Waals surface area contributed by atoms with Gasteiger partial charge in [-0.15, -0.1) is 0 Å². The lowest BCUT2D eigenvalue weighted by Gasteiger charge is -2.22. The predicted octanol–water partition coefficient (Wildman–Crippen LogP) is 20.8. The predicted molar refractivity (Wildman–Crippen MR) is 359 cm³/mol. The van der Waals surface area contributed by atoms with Gasteiger partial charge in [-0.05, 0) is 177 Å². The molecule has 86 heavy (non-hydrogen) atoms. The molecular weight excluding hydrogens is 1040 g/mol. The maximum absolute atomic E-state index is 4.97. The quantitative estimate of drug-likeness (QED) is 0.166. The van der Waals surface area contributed by atoms with Gasteiger partial charge in [0.2, 0.25) is 0 Å². The number of hydrogen-bond donors (Lipinski definition) is 0. The van der Waals surface area contributed by atoms with Crippen molar-refractivity contribution in [2.24, 2.45) is 0 Å². The Morgan fingerprint density at radius 2 is 0.616 bits per heavy atom. The number of nitrogens with zero attached hydrogens (tertiary/aromatic N) is 5. The van der Waals surface area contributed by atoms with Crippen LogP contribution in [0.1, 0.15) is 55.8 Å². The summed E-state index contributed by atoms with van der Waals surface area (Å²) in [7, 11) is 0. The Kier molecular flexibility index (Phi) is 10.1. The molecule has 0 saturated heterocycles. The average Bonchev–Trinajstić information content (AvgIpc) is 2.36. The summed E-state index contributed by atoms with van der Waals surface area (Å²) in [4.78, 5) is 9.73. The summed E-state index contributed by atoms with van der Waals surface area (Å²) >= 11 is 0. The molecule has 0 aliphatic heterocycles. The fraction of sp³-hybridized carbons (Fsp3) is 0.0864. The zero-order valence-corrected chi connectivity index (χ0v) is 48.5. The smallest absolute Gasteiger partial charge is 0.126 e. The van der Waals surface area contributed by atoms with Crippen molar-refractivity contribution < 1.29 is 0 Å². The zero-order chi connectivity index (χ0) is 57.3. The van der Waals surface area contributed by atoms with Crippen molar-refractivity contribution in [2.75, 3.05) is 0 Å². The molecule has 5 nitrogen and oxygen atoms in total. The number of rotatable bonds is 6. The number of benzene rings is 12. The van der Waals surface area contributed by atoms with Crippen LogP contribution >= 0.6 is 0 Å². The second kappa shape index (κ2) is 17.7. The van der Waals surface area contributed by atoms with Gasteiger partial charge in [-0.1, -0.05) is 179 Å². The molecule has 0 radical (unpaired) electrons. The molecule has 2 aliphatic rings. The first kappa shape index (κ1) is 48.9. The van der Waals surface area contributed by atoms with Gasteiger partial charge in [0.15, 0.2) is 0 Å². The monoisotopic (exact) mass is 1100 g/mol. The van der Waals surface area contributed by atoms with Crippen LogP contribution in [-0.4, -0.2) is 23.7 Å². The highest BCUT2D eigenvalue weighted by atomic mass is 15.0. The van der Waals surface area contributed by atoms with Crippen LogP contribution in [0.2, 0.25) is 0 Å². The average molecular weight is 1100 g/mol. The van der Waals surface area contributed by atoms with Gasteiger partial charge in [0, 0.05) is 71.2 Å². The second-order valence-electron chi connectivity index (χ2n) is 25.0. The van der Waals surface area contributed by atoms with Gasteiger partial charge >= 0.3 is 0 Å². The lowest BCUT2D eigenvalue weighted by atomic mass is 9.82. The molecule has 4 heterocycles. The lowest BCUT2D eigenvalue weighted by molar-refractivity contribution is 0.660. The third-order valence-electron chi connectivity index (χ3n) is 19.5. The Hall–Kier alpha value is -10.6. The van der Waals surface area contributed by atoms with Gasteiger partial charge in [-0.2, -0.15) is 0 Å². The number of aryl methyl sites for hydroxylation is 1. The van der Waals surface area contributed by atoms with E-state index in [2.05, 4.69) is 290 Å². The van der Waals surface area contributed by atoms with Crippen LogP contribution in [0.25, 0.3) is 149 Å². The highest BCUT2D eigenvalue weighted by molar-refractivity contribution is 6.15. The largest absolute Gasteiger partial charge is 0.309 e. The van der Waals surface area contributed by atoms with Gasteiger partial charge in [-0.3, -0.25) is 0 Å². The van der Waals surface area contributed by atoms with E-state index >= 15 is 0 Å². The Bertz CT molecular complexity index is 5320. The zero-order valence-electron chi connectivity index (χ0n) is 48.5. The van der Waals surface area contributed by atoms with E-state index in [0.717, 1.165) is 44.7 Å². The van der Waals surface area contributed by atoms with Crippen molar-refractivity contribution in [1.29, 1.82) is 0 Å². The van der Waals surface area contributed by atoms with E-state index in [-0.39, 0.29) is 10.8 Å². The number of fused-ring (bicyclic) bond motifs is 16.